The van der Waals surface area contributed by atoms with Crippen LogP contribution in [0.25, 0.3) is 0 Å². The molecule has 28 heavy (non-hydrogen) atoms. The van der Waals surface area contributed by atoms with Crippen molar-refractivity contribution in [2.24, 2.45) is 5.14 Å². The van der Waals surface area contributed by atoms with Gasteiger partial charge in [0.2, 0.25) is 10.0 Å². The fraction of sp³-hybridized carbons (Fsp3) is 0.368. The summed E-state index contributed by atoms with van der Waals surface area (Å²) in [6.45, 7) is 5.83. The van der Waals surface area contributed by atoms with E-state index in [1.54, 1.807) is 0 Å². The van der Waals surface area contributed by atoms with Crippen molar-refractivity contribution >= 4 is 25.5 Å². The Hall–Kier alpha value is -1.94. The molecule has 0 atom stereocenters. The molecule has 7 nitrogen and oxygen atoms in total. The molecule has 1 aliphatic heterocycles. The van der Waals surface area contributed by atoms with Crippen molar-refractivity contribution in [2.45, 2.75) is 23.3 Å². The second kappa shape index (κ2) is 7.82. The molecule has 0 saturated carbocycles. The maximum Gasteiger partial charge on any atom is 0.238 e. The highest BCUT2D eigenvalue weighted by molar-refractivity contribution is 7.91. The monoisotopic (exact) mass is 423 g/mol. The fourth-order valence-electron chi connectivity index (χ4n) is 3.40. The predicted octanol–water partition coefficient (Wildman–Crippen LogP) is 1.37. The molecule has 1 fully saturated rings. The highest BCUT2D eigenvalue weighted by Gasteiger charge is 2.24. The quantitative estimate of drug-likeness (QED) is 0.780. The van der Waals surface area contributed by atoms with E-state index in [1.807, 2.05) is 17.0 Å². The molecule has 0 aromatic heterocycles. The number of hydrogen-bond acceptors (Lipinski definition) is 6. The molecule has 0 unspecified atom stereocenters. The Morgan fingerprint density at radius 2 is 1.61 bits per heavy atom. The summed E-state index contributed by atoms with van der Waals surface area (Å²) in [6.07, 6.45) is 1.08. The zero-order valence-electron chi connectivity index (χ0n) is 16.0. The molecule has 152 valence electrons. The van der Waals surface area contributed by atoms with Crippen LogP contribution in [-0.2, 0) is 26.4 Å². The van der Waals surface area contributed by atoms with Gasteiger partial charge in [-0.2, -0.15) is 0 Å². The van der Waals surface area contributed by atoms with Gasteiger partial charge >= 0.3 is 0 Å². The minimum absolute atomic E-state index is 0.00798. The number of benzene rings is 2. The smallest absolute Gasteiger partial charge is 0.238 e. The first kappa shape index (κ1) is 20.8. The Morgan fingerprint density at radius 3 is 2.18 bits per heavy atom. The first-order valence-electron chi connectivity index (χ1n) is 8.94. The summed E-state index contributed by atoms with van der Waals surface area (Å²) in [7, 11) is -7.58. The van der Waals surface area contributed by atoms with E-state index in [0.29, 0.717) is 18.8 Å². The highest BCUT2D eigenvalue weighted by atomic mass is 32.2. The molecular formula is C19H25N3O4S2. The van der Waals surface area contributed by atoms with Crippen molar-refractivity contribution in [1.29, 1.82) is 0 Å². The second-order valence-electron chi connectivity index (χ2n) is 7.14. The maximum absolute atomic E-state index is 12.2. The van der Waals surface area contributed by atoms with Crippen LogP contribution in [0.4, 0.5) is 5.69 Å². The van der Waals surface area contributed by atoms with Gasteiger partial charge in [0.25, 0.3) is 0 Å². The molecular weight excluding hydrogens is 398 g/mol. The van der Waals surface area contributed by atoms with Gasteiger partial charge in [-0.05, 0) is 36.2 Å². The minimum atomic E-state index is -3.97. The lowest BCUT2D eigenvalue weighted by molar-refractivity contribution is 0.249. The third-order valence-electron chi connectivity index (χ3n) is 5.03. The molecule has 0 aliphatic carbocycles. The van der Waals surface area contributed by atoms with Gasteiger partial charge in [0.05, 0.1) is 15.5 Å². The standard InChI is InChI=1S/C19H25N3O4S2/c1-15-5-3-4-6-16(15)14-21-9-11-22(12-10-21)18-8-7-17(28(20,25)26)13-19(18)27(2,23)24/h3-8,13H,9-12,14H2,1-2H3,(H2,20,25,26). The second-order valence-corrected chi connectivity index (χ2v) is 10.7. The Labute approximate surface area is 166 Å². The lowest BCUT2D eigenvalue weighted by Gasteiger charge is -2.37. The SMILES string of the molecule is Cc1ccccc1CN1CCN(c2ccc(S(N)(=O)=O)cc2S(C)(=O)=O)CC1. The summed E-state index contributed by atoms with van der Waals surface area (Å²) in [5, 5.41) is 5.16. The fourth-order valence-corrected chi connectivity index (χ4v) is 4.94. The van der Waals surface area contributed by atoms with Gasteiger partial charge in [-0.3, -0.25) is 4.90 Å². The van der Waals surface area contributed by atoms with Gasteiger partial charge in [-0.1, -0.05) is 24.3 Å². The Balaban J connectivity index is 1.79. The normalized spacial score (nSPS) is 16.3. The molecule has 1 saturated heterocycles. The van der Waals surface area contributed by atoms with Crippen LogP contribution in [0.15, 0.2) is 52.3 Å². The zero-order chi connectivity index (χ0) is 20.5. The summed E-state index contributed by atoms with van der Waals surface area (Å²) in [4.78, 5) is 4.11. The van der Waals surface area contributed by atoms with Gasteiger partial charge in [0.15, 0.2) is 9.84 Å². The molecule has 3 rings (SSSR count). The number of hydrogen-bond donors (Lipinski definition) is 1. The zero-order valence-corrected chi connectivity index (χ0v) is 17.6. The highest BCUT2D eigenvalue weighted by Crippen LogP contribution is 2.29. The van der Waals surface area contributed by atoms with E-state index in [-0.39, 0.29) is 9.79 Å². The number of anilines is 1. The van der Waals surface area contributed by atoms with Crippen molar-refractivity contribution in [1.82, 2.24) is 4.90 Å². The van der Waals surface area contributed by atoms with E-state index in [1.165, 1.54) is 23.3 Å². The molecule has 1 aliphatic rings. The van der Waals surface area contributed by atoms with Gasteiger partial charge < -0.3 is 4.90 Å². The Kier molecular flexibility index (Phi) is 5.81. The molecule has 2 aromatic rings. The molecule has 9 heteroatoms. The third-order valence-corrected chi connectivity index (χ3v) is 7.06. The molecule has 0 radical (unpaired) electrons. The largest absolute Gasteiger partial charge is 0.368 e. The summed E-state index contributed by atoms with van der Waals surface area (Å²) >= 11 is 0. The molecule has 0 amide bonds. The number of sulfone groups is 1. The topological polar surface area (TPSA) is 101 Å². The van der Waals surface area contributed by atoms with E-state index in [0.717, 1.165) is 32.0 Å². The van der Waals surface area contributed by atoms with Crippen LogP contribution in [-0.4, -0.2) is 54.2 Å². The Bertz CT molecular complexity index is 1070. The van der Waals surface area contributed by atoms with Crippen LogP contribution in [0, 0.1) is 6.92 Å². The lowest BCUT2D eigenvalue weighted by atomic mass is 10.1. The molecule has 1 heterocycles. The number of sulfonamides is 1. The molecule has 0 bridgehead atoms. The number of rotatable bonds is 5. The van der Waals surface area contributed by atoms with E-state index in [2.05, 4.69) is 24.0 Å². The Morgan fingerprint density at radius 1 is 0.964 bits per heavy atom. The van der Waals surface area contributed by atoms with E-state index in [9.17, 15) is 16.8 Å². The van der Waals surface area contributed by atoms with Crippen molar-refractivity contribution in [2.75, 3.05) is 37.3 Å². The lowest BCUT2D eigenvalue weighted by Crippen LogP contribution is -2.46. The van der Waals surface area contributed by atoms with Gasteiger partial charge in [0, 0.05) is 39.0 Å². The van der Waals surface area contributed by atoms with Crippen molar-refractivity contribution in [3.05, 3.63) is 53.6 Å². The number of piperazine rings is 1. The number of nitrogens with two attached hydrogens (primary N) is 1. The predicted molar refractivity (Wildman–Crippen MR) is 110 cm³/mol. The van der Waals surface area contributed by atoms with Crippen LogP contribution in [0.3, 0.4) is 0 Å². The molecule has 0 spiro atoms. The average Bonchev–Trinajstić information content (AvgIpc) is 2.62. The van der Waals surface area contributed by atoms with E-state index < -0.39 is 19.9 Å². The number of primary sulfonamides is 1. The summed E-state index contributed by atoms with van der Waals surface area (Å²) < 4.78 is 47.7. The van der Waals surface area contributed by atoms with Crippen LogP contribution in [0.1, 0.15) is 11.1 Å². The van der Waals surface area contributed by atoms with Crippen LogP contribution in [0.2, 0.25) is 0 Å². The van der Waals surface area contributed by atoms with Gasteiger partial charge in [-0.25, -0.2) is 22.0 Å². The van der Waals surface area contributed by atoms with Crippen LogP contribution >= 0.6 is 0 Å². The summed E-state index contributed by atoms with van der Waals surface area (Å²) in [5.41, 5.74) is 3.05. The summed E-state index contributed by atoms with van der Waals surface area (Å²) in [5.74, 6) is 0. The minimum Gasteiger partial charge on any atom is -0.368 e. The first-order chi connectivity index (χ1) is 13.1. The maximum atomic E-state index is 12.2. The van der Waals surface area contributed by atoms with Crippen molar-refractivity contribution in [3.63, 3.8) is 0 Å². The van der Waals surface area contributed by atoms with Crippen LogP contribution < -0.4 is 10.0 Å². The number of aryl methyl sites for hydroxylation is 1. The summed E-state index contributed by atoms with van der Waals surface area (Å²) in [6, 6.07) is 12.3. The average molecular weight is 424 g/mol. The van der Waals surface area contributed by atoms with E-state index >= 15 is 0 Å². The van der Waals surface area contributed by atoms with Crippen molar-refractivity contribution < 1.29 is 16.8 Å². The van der Waals surface area contributed by atoms with Gasteiger partial charge in [-0.15, -0.1) is 0 Å². The molecule has 2 aromatic carbocycles. The van der Waals surface area contributed by atoms with E-state index in [4.69, 9.17) is 5.14 Å². The molecule has 2 N–H and O–H groups in total. The van der Waals surface area contributed by atoms with Gasteiger partial charge in [0.1, 0.15) is 0 Å². The number of nitrogens with zero attached hydrogens (tertiary/aromatic N) is 2. The van der Waals surface area contributed by atoms with Crippen LogP contribution in [0.5, 0.6) is 0 Å². The third kappa shape index (κ3) is 4.72. The first-order valence-corrected chi connectivity index (χ1v) is 12.4. The van der Waals surface area contributed by atoms with Crippen molar-refractivity contribution in [3.8, 4) is 0 Å².